The third-order valence-electron chi connectivity index (χ3n) is 3.46. The van der Waals surface area contributed by atoms with Crippen molar-refractivity contribution in [2.45, 2.75) is 18.8 Å². The van der Waals surface area contributed by atoms with Gasteiger partial charge in [0.1, 0.15) is 6.61 Å². The van der Waals surface area contributed by atoms with Gasteiger partial charge in [-0.05, 0) is 18.1 Å². The average molecular weight is 287 g/mol. The third kappa shape index (κ3) is 3.41. The monoisotopic (exact) mass is 287 g/mol. The van der Waals surface area contributed by atoms with Gasteiger partial charge in [0.2, 0.25) is 0 Å². The summed E-state index contributed by atoms with van der Waals surface area (Å²) in [6, 6.07) is 7.10. The van der Waals surface area contributed by atoms with Gasteiger partial charge in [-0.15, -0.1) is 12.3 Å². The number of anilines is 1. The molecule has 5 heteroatoms. The molecule has 0 aliphatic carbocycles. The van der Waals surface area contributed by atoms with Crippen molar-refractivity contribution >= 4 is 17.6 Å². The van der Waals surface area contributed by atoms with Crippen LogP contribution in [0.3, 0.4) is 0 Å². The number of hydrogen-bond donors (Lipinski definition) is 1. The van der Waals surface area contributed by atoms with Crippen molar-refractivity contribution in [1.29, 1.82) is 0 Å². The number of benzene rings is 1. The lowest BCUT2D eigenvalue weighted by molar-refractivity contribution is -0.139. The summed E-state index contributed by atoms with van der Waals surface area (Å²) >= 11 is 0. The quantitative estimate of drug-likeness (QED) is 0.660. The van der Waals surface area contributed by atoms with E-state index < -0.39 is 11.9 Å². The predicted molar refractivity (Wildman–Crippen MR) is 78.1 cm³/mol. The van der Waals surface area contributed by atoms with Crippen LogP contribution < -0.4 is 4.90 Å². The fourth-order valence-corrected chi connectivity index (χ4v) is 2.45. The van der Waals surface area contributed by atoms with E-state index in [1.807, 2.05) is 0 Å². The number of nitrogens with zero attached hydrogens (tertiary/aromatic N) is 1. The van der Waals surface area contributed by atoms with E-state index in [9.17, 15) is 14.7 Å². The molecule has 2 rings (SSSR count). The molecule has 1 aliphatic heterocycles. The molecule has 1 unspecified atom stereocenters. The Morgan fingerprint density at radius 3 is 2.90 bits per heavy atom. The van der Waals surface area contributed by atoms with Crippen molar-refractivity contribution < 1.29 is 19.4 Å². The van der Waals surface area contributed by atoms with E-state index in [0.717, 1.165) is 0 Å². The first-order chi connectivity index (χ1) is 10.1. The molecule has 0 spiro atoms. The lowest BCUT2D eigenvalue weighted by Gasteiger charge is -2.32. The molecule has 5 nitrogen and oxygen atoms in total. The summed E-state index contributed by atoms with van der Waals surface area (Å²) in [6.07, 6.45) is 5.98. The zero-order valence-electron chi connectivity index (χ0n) is 11.6. The van der Waals surface area contributed by atoms with E-state index in [0.29, 0.717) is 37.2 Å². The van der Waals surface area contributed by atoms with Gasteiger partial charge in [0, 0.05) is 18.7 Å². The van der Waals surface area contributed by atoms with Crippen molar-refractivity contribution in [3.05, 3.63) is 29.8 Å². The van der Waals surface area contributed by atoms with Crippen molar-refractivity contribution in [3.63, 3.8) is 0 Å². The van der Waals surface area contributed by atoms with Gasteiger partial charge in [0.15, 0.2) is 0 Å². The van der Waals surface area contributed by atoms with Gasteiger partial charge in [-0.2, -0.15) is 0 Å². The molecule has 0 saturated carbocycles. The van der Waals surface area contributed by atoms with Crippen molar-refractivity contribution in [2.24, 2.45) is 0 Å². The molecule has 0 saturated heterocycles. The molecule has 1 aromatic carbocycles. The predicted octanol–water partition coefficient (Wildman–Crippen LogP) is 1.63. The van der Waals surface area contributed by atoms with Gasteiger partial charge in [-0.3, -0.25) is 9.59 Å². The first-order valence-electron chi connectivity index (χ1n) is 6.78. The molecule has 1 heterocycles. The fourth-order valence-electron chi connectivity index (χ4n) is 2.45. The first-order valence-corrected chi connectivity index (χ1v) is 6.78. The van der Waals surface area contributed by atoms with Crippen LogP contribution in [0, 0.1) is 12.3 Å². The van der Waals surface area contributed by atoms with E-state index in [-0.39, 0.29) is 12.5 Å². The molecule has 1 N–H and O–H groups in total. The Balaban J connectivity index is 2.12. The Labute approximate surface area is 123 Å². The second kappa shape index (κ2) is 6.91. The SMILES string of the molecule is C#CCCOCC(=O)N1CCC(C(=O)O)c2ccccc21. The van der Waals surface area contributed by atoms with E-state index in [4.69, 9.17) is 11.2 Å². The summed E-state index contributed by atoms with van der Waals surface area (Å²) < 4.78 is 5.23. The highest BCUT2D eigenvalue weighted by Gasteiger charge is 2.32. The third-order valence-corrected chi connectivity index (χ3v) is 3.46. The maximum Gasteiger partial charge on any atom is 0.311 e. The van der Waals surface area contributed by atoms with Crippen LogP contribution in [0.15, 0.2) is 24.3 Å². The zero-order valence-corrected chi connectivity index (χ0v) is 11.6. The molecule has 1 aliphatic rings. The summed E-state index contributed by atoms with van der Waals surface area (Å²) in [5.41, 5.74) is 1.33. The molecule has 21 heavy (non-hydrogen) atoms. The smallest absolute Gasteiger partial charge is 0.311 e. The number of carboxylic acids is 1. The van der Waals surface area contributed by atoms with Crippen LogP contribution in [0.1, 0.15) is 24.3 Å². The van der Waals surface area contributed by atoms with Crippen molar-refractivity contribution in [3.8, 4) is 12.3 Å². The molecular formula is C16H17NO4. The van der Waals surface area contributed by atoms with Gasteiger partial charge >= 0.3 is 5.97 Å². The van der Waals surface area contributed by atoms with Gasteiger partial charge in [0.05, 0.1) is 12.5 Å². The second-order valence-electron chi connectivity index (χ2n) is 4.79. The number of aliphatic carboxylic acids is 1. The molecule has 1 amide bonds. The van der Waals surface area contributed by atoms with Gasteiger partial charge < -0.3 is 14.7 Å². The van der Waals surface area contributed by atoms with Crippen LogP contribution in [-0.4, -0.2) is 36.7 Å². The number of carboxylic acid groups (broad SMARTS) is 1. The van der Waals surface area contributed by atoms with Crippen molar-refractivity contribution in [2.75, 3.05) is 24.7 Å². The summed E-state index contributed by atoms with van der Waals surface area (Å²) in [5, 5.41) is 9.26. The number of fused-ring (bicyclic) bond motifs is 1. The van der Waals surface area contributed by atoms with Crippen LogP contribution >= 0.6 is 0 Å². The Hall–Kier alpha value is -2.32. The van der Waals surface area contributed by atoms with E-state index in [1.165, 1.54) is 0 Å². The molecule has 1 aromatic rings. The van der Waals surface area contributed by atoms with E-state index in [2.05, 4.69) is 5.92 Å². The minimum Gasteiger partial charge on any atom is -0.481 e. The Morgan fingerprint density at radius 2 is 2.19 bits per heavy atom. The minimum absolute atomic E-state index is 0.0479. The Morgan fingerprint density at radius 1 is 1.43 bits per heavy atom. The van der Waals surface area contributed by atoms with Gasteiger partial charge in [-0.1, -0.05) is 18.2 Å². The van der Waals surface area contributed by atoms with Gasteiger partial charge in [-0.25, -0.2) is 0 Å². The molecule has 0 fully saturated rings. The van der Waals surface area contributed by atoms with Crippen LogP contribution in [0.5, 0.6) is 0 Å². The summed E-state index contributed by atoms with van der Waals surface area (Å²) in [6.45, 7) is 0.675. The molecular weight excluding hydrogens is 270 g/mol. The highest BCUT2D eigenvalue weighted by molar-refractivity contribution is 5.97. The topological polar surface area (TPSA) is 66.8 Å². The largest absolute Gasteiger partial charge is 0.481 e. The summed E-state index contributed by atoms with van der Waals surface area (Å²) in [4.78, 5) is 25.1. The number of terminal acetylenes is 1. The maximum atomic E-state index is 12.2. The van der Waals surface area contributed by atoms with E-state index in [1.54, 1.807) is 29.2 Å². The number of hydrogen-bond acceptors (Lipinski definition) is 3. The van der Waals surface area contributed by atoms with Crippen molar-refractivity contribution in [1.82, 2.24) is 0 Å². The number of rotatable bonds is 5. The van der Waals surface area contributed by atoms with Crippen LogP contribution in [-0.2, 0) is 14.3 Å². The van der Waals surface area contributed by atoms with Crippen LogP contribution in [0.4, 0.5) is 5.69 Å². The first kappa shape index (κ1) is 15.1. The number of carbonyl (C=O) groups excluding carboxylic acids is 1. The van der Waals surface area contributed by atoms with E-state index >= 15 is 0 Å². The summed E-state index contributed by atoms with van der Waals surface area (Å²) in [5.74, 6) is 0.839. The molecule has 0 radical (unpaired) electrons. The minimum atomic E-state index is -0.861. The average Bonchev–Trinajstić information content (AvgIpc) is 2.50. The highest BCUT2D eigenvalue weighted by Crippen LogP contribution is 2.35. The normalized spacial score (nSPS) is 16.9. The maximum absolute atomic E-state index is 12.2. The highest BCUT2D eigenvalue weighted by atomic mass is 16.5. The second-order valence-corrected chi connectivity index (χ2v) is 4.79. The molecule has 1 atom stereocenters. The standard InChI is InChI=1S/C16H17NO4/c1-2-3-10-21-11-15(18)17-9-8-13(16(19)20)12-6-4-5-7-14(12)17/h1,4-7,13H,3,8-11H2,(H,19,20). The zero-order chi connectivity index (χ0) is 15.2. The number of ether oxygens (including phenoxy) is 1. The lowest BCUT2D eigenvalue weighted by Crippen LogP contribution is -2.40. The number of amides is 1. The Bertz CT molecular complexity index is 576. The number of carbonyl (C=O) groups is 2. The molecule has 110 valence electrons. The summed E-state index contributed by atoms with van der Waals surface area (Å²) in [7, 11) is 0. The molecule has 0 bridgehead atoms. The lowest BCUT2D eigenvalue weighted by atomic mass is 9.90. The Kier molecular flexibility index (Phi) is 4.96. The molecule has 0 aromatic heterocycles. The number of para-hydroxylation sites is 1. The fraction of sp³-hybridized carbons (Fsp3) is 0.375. The van der Waals surface area contributed by atoms with Crippen LogP contribution in [0.2, 0.25) is 0 Å². The van der Waals surface area contributed by atoms with Gasteiger partial charge in [0.25, 0.3) is 5.91 Å². The van der Waals surface area contributed by atoms with Crippen LogP contribution in [0.25, 0.3) is 0 Å².